The molecule has 112 valence electrons. The SMILES string of the molecule is Cc1cc(C)c(COC(=O)c2c(N)c(C)nn2C)c(C)c1. The summed E-state index contributed by atoms with van der Waals surface area (Å²) in [6.45, 7) is 8.09. The maximum Gasteiger partial charge on any atom is 0.359 e. The Balaban J connectivity index is 2.19. The van der Waals surface area contributed by atoms with Gasteiger partial charge in [-0.1, -0.05) is 17.7 Å². The lowest BCUT2D eigenvalue weighted by Crippen LogP contribution is -2.13. The van der Waals surface area contributed by atoms with Crippen molar-refractivity contribution in [2.45, 2.75) is 34.3 Å². The molecule has 0 bridgehead atoms. The number of carbonyl (C=O) groups excluding carboxylic acids is 1. The number of rotatable bonds is 3. The molecule has 1 aromatic carbocycles. The number of benzene rings is 1. The third kappa shape index (κ3) is 2.91. The van der Waals surface area contributed by atoms with Gasteiger partial charge in [0.2, 0.25) is 0 Å². The number of nitrogens with two attached hydrogens (primary N) is 1. The van der Waals surface area contributed by atoms with Gasteiger partial charge in [0.15, 0.2) is 5.69 Å². The van der Waals surface area contributed by atoms with E-state index in [9.17, 15) is 4.79 Å². The van der Waals surface area contributed by atoms with Crippen LogP contribution in [0.5, 0.6) is 0 Å². The molecule has 0 aliphatic heterocycles. The zero-order valence-corrected chi connectivity index (χ0v) is 13.2. The van der Waals surface area contributed by atoms with Gasteiger partial charge < -0.3 is 10.5 Å². The summed E-state index contributed by atoms with van der Waals surface area (Å²) in [6, 6.07) is 4.16. The molecule has 21 heavy (non-hydrogen) atoms. The van der Waals surface area contributed by atoms with E-state index >= 15 is 0 Å². The molecule has 0 fully saturated rings. The van der Waals surface area contributed by atoms with E-state index in [1.165, 1.54) is 10.2 Å². The van der Waals surface area contributed by atoms with Gasteiger partial charge >= 0.3 is 5.97 Å². The normalized spacial score (nSPS) is 10.7. The van der Waals surface area contributed by atoms with Gasteiger partial charge in [-0.3, -0.25) is 4.68 Å². The highest BCUT2D eigenvalue weighted by molar-refractivity contribution is 5.93. The first-order chi connectivity index (χ1) is 9.81. The van der Waals surface area contributed by atoms with E-state index in [1.54, 1.807) is 14.0 Å². The number of hydrogen-bond acceptors (Lipinski definition) is 4. The summed E-state index contributed by atoms with van der Waals surface area (Å²) in [5, 5.41) is 4.12. The van der Waals surface area contributed by atoms with Crippen molar-refractivity contribution >= 4 is 11.7 Å². The maximum absolute atomic E-state index is 12.2. The van der Waals surface area contributed by atoms with Crippen LogP contribution in [0.15, 0.2) is 12.1 Å². The van der Waals surface area contributed by atoms with Crippen LogP contribution in [0.2, 0.25) is 0 Å². The number of hydrogen-bond donors (Lipinski definition) is 1. The number of aryl methyl sites for hydroxylation is 5. The smallest absolute Gasteiger partial charge is 0.359 e. The number of nitrogens with zero attached hydrogens (tertiary/aromatic N) is 2. The molecule has 2 aromatic rings. The van der Waals surface area contributed by atoms with Crippen LogP contribution in [0.3, 0.4) is 0 Å². The molecule has 0 aliphatic carbocycles. The first-order valence-electron chi connectivity index (χ1n) is 6.84. The largest absolute Gasteiger partial charge is 0.456 e. The minimum absolute atomic E-state index is 0.237. The maximum atomic E-state index is 12.2. The van der Waals surface area contributed by atoms with Crippen molar-refractivity contribution in [1.82, 2.24) is 9.78 Å². The third-order valence-electron chi connectivity index (χ3n) is 3.65. The average molecular weight is 287 g/mol. The van der Waals surface area contributed by atoms with Crippen LogP contribution in [0.25, 0.3) is 0 Å². The van der Waals surface area contributed by atoms with Gasteiger partial charge in [-0.05, 0) is 44.4 Å². The predicted octanol–water partition coefficient (Wildman–Crippen LogP) is 2.59. The molecule has 0 atom stereocenters. The lowest BCUT2D eigenvalue weighted by atomic mass is 10.0. The van der Waals surface area contributed by atoms with Crippen LogP contribution in [0.4, 0.5) is 5.69 Å². The molecule has 0 spiro atoms. The lowest BCUT2D eigenvalue weighted by Gasteiger charge is -2.12. The van der Waals surface area contributed by atoms with Gasteiger partial charge in [0.05, 0.1) is 11.4 Å². The van der Waals surface area contributed by atoms with E-state index in [-0.39, 0.29) is 6.61 Å². The fraction of sp³-hybridized carbons (Fsp3) is 0.375. The summed E-state index contributed by atoms with van der Waals surface area (Å²) in [7, 11) is 1.68. The Bertz CT molecular complexity index is 679. The summed E-state index contributed by atoms with van der Waals surface area (Å²) in [4.78, 5) is 12.2. The second-order valence-corrected chi connectivity index (χ2v) is 5.42. The molecule has 2 N–H and O–H groups in total. The lowest BCUT2D eigenvalue weighted by molar-refractivity contribution is 0.0460. The van der Waals surface area contributed by atoms with Crippen molar-refractivity contribution in [2.24, 2.45) is 7.05 Å². The van der Waals surface area contributed by atoms with E-state index in [0.29, 0.717) is 17.1 Å². The Morgan fingerprint density at radius 2 is 1.81 bits per heavy atom. The zero-order valence-electron chi connectivity index (χ0n) is 13.2. The molecule has 5 nitrogen and oxygen atoms in total. The molecule has 1 aromatic heterocycles. The highest BCUT2D eigenvalue weighted by Gasteiger charge is 2.19. The monoisotopic (exact) mass is 287 g/mol. The Morgan fingerprint density at radius 3 is 2.29 bits per heavy atom. The van der Waals surface area contributed by atoms with Crippen molar-refractivity contribution < 1.29 is 9.53 Å². The van der Waals surface area contributed by atoms with Crippen molar-refractivity contribution in [3.8, 4) is 0 Å². The standard InChI is InChI=1S/C16H21N3O2/c1-9-6-10(2)13(11(3)7-9)8-21-16(20)15-14(17)12(4)18-19(15)5/h6-7H,8,17H2,1-5H3. The first-order valence-corrected chi connectivity index (χ1v) is 6.84. The molecular formula is C16H21N3O2. The minimum atomic E-state index is -0.449. The molecule has 1 heterocycles. The van der Waals surface area contributed by atoms with Crippen molar-refractivity contribution in [2.75, 3.05) is 5.73 Å². The average Bonchev–Trinajstić information content (AvgIpc) is 2.61. The molecule has 0 saturated heterocycles. The van der Waals surface area contributed by atoms with Crippen molar-refractivity contribution in [1.29, 1.82) is 0 Å². The van der Waals surface area contributed by atoms with Gasteiger partial charge in [0, 0.05) is 7.05 Å². The second-order valence-electron chi connectivity index (χ2n) is 5.42. The molecule has 0 radical (unpaired) electrons. The summed E-state index contributed by atoms with van der Waals surface area (Å²) < 4.78 is 6.87. The molecule has 0 unspecified atom stereocenters. The summed E-state index contributed by atoms with van der Waals surface area (Å²) in [5.41, 5.74) is 11.7. The van der Waals surface area contributed by atoms with Gasteiger partial charge in [0.25, 0.3) is 0 Å². The second kappa shape index (κ2) is 5.60. The quantitative estimate of drug-likeness (QED) is 0.881. The number of esters is 1. The van der Waals surface area contributed by atoms with E-state index in [4.69, 9.17) is 10.5 Å². The van der Waals surface area contributed by atoms with Gasteiger partial charge in [-0.25, -0.2) is 4.79 Å². The van der Waals surface area contributed by atoms with E-state index in [1.807, 2.05) is 13.8 Å². The molecule has 2 rings (SSSR count). The van der Waals surface area contributed by atoms with E-state index in [0.717, 1.165) is 16.7 Å². The fourth-order valence-corrected chi connectivity index (χ4v) is 2.56. The van der Waals surface area contributed by atoms with Crippen LogP contribution in [-0.4, -0.2) is 15.7 Å². The van der Waals surface area contributed by atoms with Gasteiger partial charge in [0.1, 0.15) is 6.61 Å². The van der Waals surface area contributed by atoms with Crippen LogP contribution in [0, 0.1) is 27.7 Å². The first kappa shape index (κ1) is 15.1. The summed E-state index contributed by atoms with van der Waals surface area (Å²) >= 11 is 0. The number of aromatic nitrogens is 2. The molecular weight excluding hydrogens is 266 g/mol. The van der Waals surface area contributed by atoms with Crippen molar-refractivity contribution in [3.05, 3.63) is 45.8 Å². The van der Waals surface area contributed by atoms with Crippen molar-refractivity contribution in [3.63, 3.8) is 0 Å². The molecule has 5 heteroatoms. The van der Waals surface area contributed by atoms with E-state index in [2.05, 4.69) is 24.2 Å². The highest BCUT2D eigenvalue weighted by Crippen LogP contribution is 2.20. The third-order valence-corrected chi connectivity index (χ3v) is 3.65. The summed E-state index contributed by atoms with van der Waals surface area (Å²) in [5.74, 6) is -0.449. The minimum Gasteiger partial charge on any atom is -0.456 e. The topological polar surface area (TPSA) is 70.1 Å². The van der Waals surface area contributed by atoms with E-state index < -0.39 is 5.97 Å². The molecule has 0 amide bonds. The Kier molecular flexibility index (Phi) is 4.02. The Morgan fingerprint density at radius 1 is 1.24 bits per heavy atom. The van der Waals surface area contributed by atoms with Gasteiger partial charge in [-0.2, -0.15) is 5.10 Å². The van der Waals surface area contributed by atoms with Gasteiger partial charge in [-0.15, -0.1) is 0 Å². The highest BCUT2D eigenvalue weighted by atomic mass is 16.5. The van der Waals surface area contributed by atoms with Crippen LogP contribution in [0.1, 0.15) is 38.4 Å². The fourth-order valence-electron chi connectivity index (χ4n) is 2.56. The number of carbonyl (C=O) groups is 1. The number of anilines is 1. The van der Waals surface area contributed by atoms with Crippen LogP contribution >= 0.6 is 0 Å². The Labute approximate surface area is 124 Å². The molecule has 0 aliphatic rings. The van der Waals surface area contributed by atoms with Crippen LogP contribution in [-0.2, 0) is 18.4 Å². The molecule has 0 saturated carbocycles. The summed E-state index contributed by atoms with van der Waals surface area (Å²) in [6.07, 6.45) is 0. The Hall–Kier alpha value is -2.30. The number of nitrogen functional groups attached to an aromatic ring is 1. The zero-order chi connectivity index (χ0) is 15.7. The predicted molar refractivity (Wildman–Crippen MR) is 82.1 cm³/mol. The number of ether oxygens (including phenoxy) is 1. The van der Waals surface area contributed by atoms with Crippen LogP contribution < -0.4 is 5.73 Å².